The second-order valence-corrected chi connectivity index (χ2v) is 4.31. The lowest BCUT2D eigenvalue weighted by molar-refractivity contribution is -0.120. The number of rotatable bonds is 6. The molecule has 3 N–H and O–H groups in total. The largest absolute Gasteiger partial charge is 0.388 e. The highest BCUT2D eigenvalue weighted by molar-refractivity contribution is 5.98. The molecule has 0 fully saturated rings. The molecule has 0 saturated heterocycles. The van der Waals surface area contributed by atoms with Crippen molar-refractivity contribution in [2.24, 2.45) is 0 Å². The van der Waals surface area contributed by atoms with Crippen LogP contribution in [0.15, 0.2) is 18.2 Å². The van der Waals surface area contributed by atoms with Crippen LogP contribution in [-0.2, 0) is 4.79 Å². The summed E-state index contributed by atoms with van der Waals surface area (Å²) in [5, 5.41) is 8.33. The predicted molar refractivity (Wildman–Crippen MR) is 76.4 cm³/mol. The van der Waals surface area contributed by atoms with E-state index in [1.807, 2.05) is 33.0 Å². The fourth-order valence-electron chi connectivity index (χ4n) is 1.66. The van der Waals surface area contributed by atoms with E-state index in [9.17, 15) is 9.59 Å². The van der Waals surface area contributed by atoms with E-state index in [-0.39, 0.29) is 18.4 Å². The van der Waals surface area contributed by atoms with Crippen LogP contribution in [0.1, 0.15) is 29.3 Å². The number of carbonyl (C=O) groups excluding carboxylic acids is 2. The van der Waals surface area contributed by atoms with E-state index in [0.29, 0.717) is 12.1 Å². The molecule has 0 radical (unpaired) electrons. The van der Waals surface area contributed by atoms with Gasteiger partial charge in [0.25, 0.3) is 5.91 Å². The Morgan fingerprint density at radius 3 is 2.53 bits per heavy atom. The summed E-state index contributed by atoms with van der Waals surface area (Å²) >= 11 is 0. The van der Waals surface area contributed by atoms with Crippen molar-refractivity contribution in [3.8, 4) is 0 Å². The molecule has 0 aliphatic heterocycles. The molecular formula is C14H21N3O2. The maximum atomic E-state index is 11.9. The minimum atomic E-state index is -0.230. The summed E-state index contributed by atoms with van der Waals surface area (Å²) < 4.78 is 0. The molecule has 0 bridgehead atoms. The van der Waals surface area contributed by atoms with E-state index < -0.39 is 0 Å². The number of nitrogens with one attached hydrogen (secondary N) is 3. The standard InChI is InChI=1S/C14H21N3O2/c1-4-7-16-13(18)9-17-14(19)12-6-5-11(15-3)8-10(12)2/h5-6,8,15H,4,7,9H2,1-3H3,(H,16,18)(H,17,19). The lowest BCUT2D eigenvalue weighted by Gasteiger charge is -2.09. The second-order valence-electron chi connectivity index (χ2n) is 4.31. The fourth-order valence-corrected chi connectivity index (χ4v) is 1.66. The van der Waals surface area contributed by atoms with Crippen LogP contribution < -0.4 is 16.0 Å². The van der Waals surface area contributed by atoms with Crippen LogP contribution in [0.25, 0.3) is 0 Å². The van der Waals surface area contributed by atoms with Crippen molar-refractivity contribution in [1.29, 1.82) is 0 Å². The van der Waals surface area contributed by atoms with E-state index >= 15 is 0 Å². The molecule has 0 atom stereocenters. The first-order valence-electron chi connectivity index (χ1n) is 6.41. The Morgan fingerprint density at radius 1 is 1.21 bits per heavy atom. The number of anilines is 1. The van der Waals surface area contributed by atoms with Gasteiger partial charge in [0.15, 0.2) is 0 Å². The van der Waals surface area contributed by atoms with Crippen LogP contribution in [0.5, 0.6) is 0 Å². The van der Waals surface area contributed by atoms with Crippen molar-refractivity contribution in [2.45, 2.75) is 20.3 Å². The highest BCUT2D eigenvalue weighted by atomic mass is 16.2. The van der Waals surface area contributed by atoms with Crippen LogP contribution in [0.4, 0.5) is 5.69 Å². The van der Waals surface area contributed by atoms with Crippen molar-refractivity contribution >= 4 is 17.5 Å². The fraction of sp³-hybridized carbons (Fsp3) is 0.429. The third-order valence-corrected chi connectivity index (χ3v) is 2.74. The molecule has 1 aromatic carbocycles. The maximum Gasteiger partial charge on any atom is 0.251 e. The summed E-state index contributed by atoms with van der Waals surface area (Å²) in [6.45, 7) is 4.48. The molecule has 1 aromatic rings. The number of hydrogen-bond donors (Lipinski definition) is 3. The van der Waals surface area contributed by atoms with Gasteiger partial charge in [0.2, 0.25) is 5.91 Å². The van der Waals surface area contributed by atoms with Crippen LogP contribution in [-0.4, -0.2) is 32.0 Å². The summed E-state index contributed by atoms with van der Waals surface area (Å²) in [6.07, 6.45) is 0.879. The van der Waals surface area contributed by atoms with Crippen molar-refractivity contribution in [2.75, 3.05) is 25.5 Å². The summed E-state index contributed by atoms with van der Waals surface area (Å²) in [4.78, 5) is 23.3. The minimum absolute atomic E-state index is 0.00600. The first-order chi connectivity index (χ1) is 9.08. The van der Waals surface area contributed by atoms with Crippen LogP contribution in [0.3, 0.4) is 0 Å². The average molecular weight is 263 g/mol. The lowest BCUT2D eigenvalue weighted by atomic mass is 10.1. The molecule has 2 amide bonds. The summed E-state index contributed by atoms with van der Waals surface area (Å²) in [5.74, 6) is -0.397. The van der Waals surface area contributed by atoms with Gasteiger partial charge in [-0.3, -0.25) is 9.59 Å². The van der Waals surface area contributed by atoms with Gasteiger partial charge in [-0.1, -0.05) is 6.92 Å². The molecule has 5 heteroatoms. The number of hydrogen-bond acceptors (Lipinski definition) is 3. The zero-order valence-electron chi connectivity index (χ0n) is 11.7. The summed E-state index contributed by atoms with van der Waals surface area (Å²) in [6, 6.07) is 5.48. The molecule has 5 nitrogen and oxygen atoms in total. The van der Waals surface area contributed by atoms with Crippen molar-refractivity contribution in [3.63, 3.8) is 0 Å². The van der Waals surface area contributed by atoms with Gasteiger partial charge in [-0.2, -0.15) is 0 Å². The van der Waals surface area contributed by atoms with Gasteiger partial charge in [0.05, 0.1) is 6.54 Å². The van der Waals surface area contributed by atoms with Crippen molar-refractivity contribution < 1.29 is 9.59 Å². The highest BCUT2D eigenvalue weighted by Gasteiger charge is 2.10. The number of carbonyl (C=O) groups is 2. The van der Waals surface area contributed by atoms with Crippen LogP contribution >= 0.6 is 0 Å². The molecule has 19 heavy (non-hydrogen) atoms. The molecule has 0 heterocycles. The van der Waals surface area contributed by atoms with Crippen molar-refractivity contribution in [1.82, 2.24) is 10.6 Å². The topological polar surface area (TPSA) is 70.2 Å². The van der Waals surface area contributed by atoms with E-state index in [4.69, 9.17) is 0 Å². The van der Waals surface area contributed by atoms with Gasteiger partial charge < -0.3 is 16.0 Å². The Hall–Kier alpha value is -2.04. The maximum absolute atomic E-state index is 11.9. The molecule has 0 aromatic heterocycles. The van der Waals surface area contributed by atoms with E-state index in [1.165, 1.54) is 0 Å². The molecule has 0 spiro atoms. The van der Waals surface area contributed by atoms with Gasteiger partial charge in [0.1, 0.15) is 0 Å². The Kier molecular flexibility index (Phi) is 5.85. The number of amides is 2. The van der Waals surface area contributed by atoms with E-state index in [1.54, 1.807) is 6.07 Å². The van der Waals surface area contributed by atoms with Gasteiger partial charge in [-0.25, -0.2) is 0 Å². The number of benzene rings is 1. The zero-order valence-corrected chi connectivity index (χ0v) is 11.7. The first kappa shape index (κ1) is 15.0. The summed E-state index contributed by atoms with van der Waals surface area (Å²) in [5.41, 5.74) is 2.41. The molecule has 0 aliphatic rings. The third kappa shape index (κ3) is 4.62. The predicted octanol–water partition coefficient (Wildman–Crippen LogP) is 1.29. The van der Waals surface area contributed by atoms with Crippen LogP contribution in [0.2, 0.25) is 0 Å². The number of aryl methyl sites for hydroxylation is 1. The smallest absolute Gasteiger partial charge is 0.251 e. The molecule has 104 valence electrons. The van der Waals surface area contributed by atoms with E-state index in [0.717, 1.165) is 17.7 Å². The minimum Gasteiger partial charge on any atom is -0.388 e. The SMILES string of the molecule is CCCNC(=O)CNC(=O)c1ccc(NC)cc1C. The third-order valence-electron chi connectivity index (χ3n) is 2.74. The summed E-state index contributed by atoms with van der Waals surface area (Å²) in [7, 11) is 1.83. The van der Waals surface area contributed by atoms with E-state index in [2.05, 4.69) is 16.0 Å². The second kappa shape index (κ2) is 7.41. The van der Waals surface area contributed by atoms with Gasteiger partial charge in [-0.15, -0.1) is 0 Å². The molecule has 1 rings (SSSR count). The first-order valence-corrected chi connectivity index (χ1v) is 6.41. The Labute approximate surface area is 113 Å². The normalized spacial score (nSPS) is 9.84. The van der Waals surface area contributed by atoms with Crippen molar-refractivity contribution in [3.05, 3.63) is 29.3 Å². The Morgan fingerprint density at radius 2 is 1.95 bits per heavy atom. The lowest BCUT2D eigenvalue weighted by Crippen LogP contribution is -2.37. The van der Waals surface area contributed by atoms with Gasteiger partial charge in [0, 0.05) is 24.8 Å². The highest BCUT2D eigenvalue weighted by Crippen LogP contribution is 2.14. The Balaban J connectivity index is 2.56. The monoisotopic (exact) mass is 263 g/mol. The average Bonchev–Trinajstić information content (AvgIpc) is 2.42. The Bertz CT molecular complexity index is 458. The quantitative estimate of drug-likeness (QED) is 0.724. The molecular weight excluding hydrogens is 242 g/mol. The molecule has 0 aliphatic carbocycles. The molecule has 0 unspecified atom stereocenters. The van der Waals surface area contributed by atoms with Gasteiger partial charge >= 0.3 is 0 Å². The molecule has 0 saturated carbocycles. The zero-order chi connectivity index (χ0) is 14.3. The van der Waals surface area contributed by atoms with Crippen LogP contribution in [0, 0.1) is 6.92 Å². The van der Waals surface area contributed by atoms with Gasteiger partial charge in [-0.05, 0) is 37.1 Å².